The minimum Gasteiger partial charge on any atom is -0.493 e. The van der Waals surface area contributed by atoms with Gasteiger partial charge in [0.1, 0.15) is 11.4 Å². The van der Waals surface area contributed by atoms with Crippen molar-refractivity contribution in [2.24, 2.45) is 0 Å². The fraction of sp³-hybridized carbons (Fsp3) is 0.500. The molecule has 0 fully saturated rings. The Kier molecular flexibility index (Phi) is 6.84. The number of ether oxygens (including phenoxy) is 2. The number of carbonyl (C=O) groups excluding carboxylic acids is 1. The molecule has 0 saturated carbocycles. The first-order chi connectivity index (χ1) is 13.6. The van der Waals surface area contributed by atoms with Crippen LogP contribution in [-0.2, 0) is 16.8 Å². The van der Waals surface area contributed by atoms with E-state index in [9.17, 15) is 14.9 Å². The molecule has 2 aromatic rings. The van der Waals surface area contributed by atoms with Crippen molar-refractivity contribution in [2.75, 3.05) is 20.8 Å². The summed E-state index contributed by atoms with van der Waals surface area (Å²) in [5.74, 6) is 1.14. The van der Waals surface area contributed by atoms with Gasteiger partial charge in [0.25, 0.3) is 0 Å². The first-order valence-corrected chi connectivity index (χ1v) is 9.28. The molecule has 0 atom stereocenters. The Balaban J connectivity index is 1.98. The van der Waals surface area contributed by atoms with Crippen LogP contribution in [0.15, 0.2) is 18.2 Å². The van der Waals surface area contributed by atoms with E-state index < -0.39 is 4.92 Å². The highest BCUT2D eigenvalue weighted by molar-refractivity contribution is 5.76. The van der Waals surface area contributed by atoms with Gasteiger partial charge in [0, 0.05) is 18.4 Å². The molecular weight excluding hydrogens is 376 g/mol. The smallest absolute Gasteiger partial charge is 0.312 e. The highest BCUT2D eigenvalue weighted by Crippen LogP contribution is 2.33. The molecular formula is C20H28N4O5. The number of nitro groups is 1. The van der Waals surface area contributed by atoms with Crippen molar-refractivity contribution in [3.63, 3.8) is 0 Å². The van der Waals surface area contributed by atoms with Crippen molar-refractivity contribution >= 4 is 11.6 Å². The van der Waals surface area contributed by atoms with Crippen LogP contribution >= 0.6 is 0 Å². The van der Waals surface area contributed by atoms with Crippen LogP contribution in [0, 0.1) is 24.0 Å². The third-order valence-corrected chi connectivity index (χ3v) is 4.97. The summed E-state index contributed by atoms with van der Waals surface area (Å²) in [4.78, 5) is 23.0. The standard InChI is InChI=1S/C20H28N4O5/c1-13-19(24(26)27)14(2)23(22-13)10-9-18(25)21-12-20(3,4)15-7-8-16(28-5)17(11-15)29-6/h7-8,11H,9-10,12H2,1-6H3,(H,21,25). The van der Waals surface area contributed by atoms with Gasteiger partial charge in [-0.1, -0.05) is 19.9 Å². The minimum absolute atomic E-state index is 0.00000507. The predicted molar refractivity (Wildman–Crippen MR) is 109 cm³/mol. The van der Waals surface area contributed by atoms with E-state index in [0.29, 0.717) is 29.4 Å². The molecule has 1 aromatic carbocycles. The molecule has 1 N–H and O–H groups in total. The molecule has 0 aliphatic rings. The van der Waals surface area contributed by atoms with Crippen LogP contribution in [0.2, 0.25) is 0 Å². The van der Waals surface area contributed by atoms with Gasteiger partial charge in [-0.25, -0.2) is 0 Å². The molecule has 0 saturated heterocycles. The molecule has 0 spiro atoms. The Morgan fingerprint density at radius 1 is 1.24 bits per heavy atom. The molecule has 0 unspecified atom stereocenters. The number of rotatable bonds is 9. The van der Waals surface area contributed by atoms with Gasteiger partial charge in [0.2, 0.25) is 5.91 Å². The summed E-state index contributed by atoms with van der Waals surface area (Å²) in [6.45, 7) is 7.99. The van der Waals surface area contributed by atoms with Gasteiger partial charge in [-0.3, -0.25) is 19.6 Å². The van der Waals surface area contributed by atoms with Gasteiger partial charge < -0.3 is 14.8 Å². The Labute approximate surface area is 170 Å². The number of amides is 1. The SMILES string of the molecule is COc1ccc(C(C)(C)CNC(=O)CCn2nc(C)c([N+](=O)[O-])c2C)cc1OC. The number of nitrogens with one attached hydrogen (secondary N) is 1. The number of carbonyl (C=O) groups is 1. The van der Waals surface area contributed by atoms with Gasteiger partial charge in [0.05, 0.1) is 25.7 Å². The number of aryl methyl sites for hydroxylation is 2. The van der Waals surface area contributed by atoms with Crippen molar-refractivity contribution in [1.82, 2.24) is 15.1 Å². The Morgan fingerprint density at radius 2 is 1.90 bits per heavy atom. The first-order valence-electron chi connectivity index (χ1n) is 9.28. The third-order valence-electron chi connectivity index (χ3n) is 4.97. The van der Waals surface area contributed by atoms with Crippen molar-refractivity contribution in [3.8, 4) is 11.5 Å². The quantitative estimate of drug-likeness (QED) is 0.508. The minimum atomic E-state index is -0.445. The Bertz CT molecular complexity index is 905. The number of aromatic nitrogens is 2. The molecule has 0 bridgehead atoms. The van der Waals surface area contributed by atoms with E-state index in [1.807, 2.05) is 32.0 Å². The summed E-state index contributed by atoms with van der Waals surface area (Å²) in [7, 11) is 3.17. The van der Waals surface area contributed by atoms with Gasteiger partial charge in [0.15, 0.2) is 11.5 Å². The van der Waals surface area contributed by atoms with Crippen LogP contribution in [0.1, 0.15) is 37.2 Å². The zero-order valence-corrected chi connectivity index (χ0v) is 17.7. The van der Waals surface area contributed by atoms with Crippen LogP contribution in [0.3, 0.4) is 0 Å². The first kappa shape index (κ1) is 22.2. The van der Waals surface area contributed by atoms with Crippen LogP contribution < -0.4 is 14.8 Å². The normalized spacial score (nSPS) is 11.2. The van der Waals surface area contributed by atoms with E-state index in [2.05, 4.69) is 10.4 Å². The van der Waals surface area contributed by atoms with Crippen molar-refractivity contribution in [1.29, 1.82) is 0 Å². The zero-order valence-electron chi connectivity index (χ0n) is 17.7. The number of hydrogen-bond donors (Lipinski definition) is 1. The molecule has 1 aromatic heterocycles. The number of hydrogen-bond acceptors (Lipinski definition) is 6. The Hall–Kier alpha value is -3.10. The highest BCUT2D eigenvalue weighted by atomic mass is 16.6. The second kappa shape index (κ2) is 8.93. The lowest BCUT2D eigenvalue weighted by atomic mass is 9.84. The largest absolute Gasteiger partial charge is 0.493 e. The second-order valence-corrected chi connectivity index (χ2v) is 7.48. The van der Waals surface area contributed by atoms with E-state index >= 15 is 0 Å². The monoisotopic (exact) mass is 404 g/mol. The maximum absolute atomic E-state index is 12.3. The fourth-order valence-electron chi connectivity index (χ4n) is 3.14. The lowest BCUT2D eigenvalue weighted by molar-refractivity contribution is -0.386. The number of benzene rings is 1. The average Bonchev–Trinajstić information content (AvgIpc) is 2.97. The fourth-order valence-corrected chi connectivity index (χ4v) is 3.14. The van der Waals surface area contributed by atoms with Crippen LogP contribution in [0.25, 0.3) is 0 Å². The van der Waals surface area contributed by atoms with E-state index in [0.717, 1.165) is 5.56 Å². The van der Waals surface area contributed by atoms with E-state index in [4.69, 9.17) is 9.47 Å². The predicted octanol–water partition coefficient (Wildman–Crippen LogP) is 2.91. The van der Waals surface area contributed by atoms with E-state index in [1.54, 1.807) is 28.1 Å². The van der Waals surface area contributed by atoms with Crippen LogP contribution in [0.4, 0.5) is 5.69 Å². The summed E-state index contributed by atoms with van der Waals surface area (Å²) >= 11 is 0. The molecule has 0 radical (unpaired) electrons. The lowest BCUT2D eigenvalue weighted by Gasteiger charge is -2.26. The summed E-state index contributed by atoms with van der Waals surface area (Å²) in [5, 5.41) is 18.2. The van der Waals surface area contributed by atoms with E-state index in [1.165, 1.54) is 4.68 Å². The summed E-state index contributed by atoms with van der Waals surface area (Å²) in [5.41, 5.74) is 1.48. The molecule has 0 aliphatic heterocycles. The number of methoxy groups -OCH3 is 2. The van der Waals surface area contributed by atoms with Crippen molar-refractivity contribution in [3.05, 3.63) is 45.3 Å². The van der Waals surface area contributed by atoms with Crippen LogP contribution in [0.5, 0.6) is 11.5 Å². The number of nitrogens with zero attached hydrogens (tertiary/aromatic N) is 3. The molecule has 29 heavy (non-hydrogen) atoms. The molecule has 9 heteroatoms. The van der Waals surface area contributed by atoms with Gasteiger partial charge in [-0.15, -0.1) is 0 Å². The zero-order chi connectivity index (χ0) is 21.8. The summed E-state index contributed by atoms with van der Waals surface area (Å²) in [6, 6.07) is 5.69. The lowest BCUT2D eigenvalue weighted by Crippen LogP contribution is -2.37. The van der Waals surface area contributed by atoms with Gasteiger partial charge >= 0.3 is 5.69 Å². The van der Waals surface area contributed by atoms with E-state index in [-0.39, 0.29) is 30.0 Å². The molecule has 158 valence electrons. The molecule has 2 rings (SSSR count). The maximum Gasteiger partial charge on any atom is 0.312 e. The third kappa shape index (κ3) is 5.04. The van der Waals surface area contributed by atoms with Crippen LogP contribution in [-0.4, -0.2) is 41.4 Å². The topological polar surface area (TPSA) is 109 Å². The highest BCUT2D eigenvalue weighted by Gasteiger charge is 2.24. The molecule has 1 amide bonds. The van der Waals surface area contributed by atoms with Gasteiger partial charge in [-0.2, -0.15) is 5.10 Å². The second-order valence-electron chi connectivity index (χ2n) is 7.48. The average molecular weight is 404 g/mol. The Morgan fingerprint density at radius 3 is 2.45 bits per heavy atom. The summed E-state index contributed by atoms with van der Waals surface area (Å²) in [6.07, 6.45) is 0.182. The van der Waals surface area contributed by atoms with Crippen molar-refractivity contribution < 1.29 is 19.2 Å². The molecule has 0 aliphatic carbocycles. The molecule has 9 nitrogen and oxygen atoms in total. The summed E-state index contributed by atoms with van der Waals surface area (Å²) < 4.78 is 12.1. The maximum atomic E-state index is 12.3. The molecule has 1 heterocycles. The van der Waals surface area contributed by atoms with Crippen molar-refractivity contribution in [2.45, 2.75) is 46.1 Å². The van der Waals surface area contributed by atoms with Gasteiger partial charge in [-0.05, 0) is 31.5 Å².